The fourth-order valence-corrected chi connectivity index (χ4v) is 2.82. The van der Waals surface area contributed by atoms with Gasteiger partial charge in [-0.2, -0.15) is 0 Å². The topological polar surface area (TPSA) is 63.4 Å². The second kappa shape index (κ2) is 6.35. The van der Waals surface area contributed by atoms with Crippen LogP contribution in [0.1, 0.15) is 29.6 Å². The number of rotatable bonds is 3. The van der Waals surface area contributed by atoms with Gasteiger partial charge in [0.05, 0.1) is 4.47 Å². The molecule has 0 aliphatic carbocycles. The summed E-state index contributed by atoms with van der Waals surface area (Å²) in [7, 11) is 0. The van der Waals surface area contributed by atoms with Gasteiger partial charge in [-0.15, -0.1) is 0 Å². The highest BCUT2D eigenvalue weighted by molar-refractivity contribution is 9.10. The molecule has 6 heteroatoms. The number of amides is 2. The summed E-state index contributed by atoms with van der Waals surface area (Å²) in [4.78, 5) is 24.9. The zero-order valence-electron chi connectivity index (χ0n) is 10.9. The Hall–Kier alpha value is -1.43. The predicted molar refractivity (Wildman–Crippen MR) is 76.5 cm³/mol. The minimum absolute atomic E-state index is 0.108. The summed E-state index contributed by atoms with van der Waals surface area (Å²) < 4.78 is 13.4. The van der Waals surface area contributed by atoms with Gasteiger partial charge >= 0.3 is 0 Å². The van der Waals surface area contributed by atoms with Gasteiger partial charge in [0, 0.05) is 25.1 Å². The lowest BCUT2D eigenvalue weighted by molar-refractivity contribution is -0.119. The molecule has 0 bridgehead atoms. The van der Waals surface area contributed by atoms with E-state index in [0.29, 0.717) is 25.1 Å². The van der Waals surface area contributed by atoms with Gasteiger partial charge in [-0.3, -0.25) is 9.59 Å². The first-order chi connectivity index (χ1) is 9.47. The average molecular weight is 343 g/mol. The van der Waals surface area contributed by atoms with E-state index < -0.39 is 0 Å². The number of benzene rings is 1. The Morgan fingerprint density at radius 1 is 1.35 bits per heavy atom. The maximum Gasteiger partial charge on any atom is 0.253 e. The molecule has 0 aromatic heterocycles. The highest BCUT2D eigenvalue weighted by Gasteiger charge is 2.24. The number of halogens is 2. The van der Waals surface area contributed by atoms with E-state index in [2.05, 4.69) is 15.9 Å². The number of nitrogens with two attached hydrogens (primary N) is 1. The van der Waals surface area contributed by atoms with E-state index in [1.165, 1.54) is 18.2 Å². The highest BCUT2D eigenvalue weighted by atomic mass is 79.9. The van der Waals surface area contributed by atoms with E-state index in [9.17, 15) is 14.0 Å². The number of piperidine rings is 1. The van der Waals surface area contributed by atoms with E-state index in [1.54, 1.807) is 4.90 Å². The number of likely N-dealkylation sites (tertiary alicyclic amines) is 1. The fraction of sp³-hybridized carbons (Fsp3) is 0.429. The van der Waals surface area contributed by atoms with Crippen molar-refractivity contribution in [2.45, 2.75) is 19.3 Å². The smallest absolute Gasteiger partial charge is 0.253 e. The third-order valence-electron chi connectivity index (χ3n) is 3.56. The third kappa shape index (κ3) is 3.56. The van der Waals surface area contributed by atoms with Crippen LogP contribution in [0.2, 0.25) is 0 Å². The summed E-state index contributed by atoms with van der Waals surface area (Å²) in [6.07, 6.45) is 1.93. The number of carbonyl (C=O) groups excluding carboxylic acids is 2. The van der Waals surface area contributed by atoms with E-state index in [1.807, 2.05) is 0 Å². The molecule has 1 fully saturated rings. The van der Waals surface area contributed by atoms with Crippen molar-refractivity contribution >= 4 is 27.7 Å². The molecule has 1 heterocycles. The Balaban J connectivity index is 1.97. The summed E-state index contributed by atoms with van der Waals surface area (Å²) in [5, 5.41) is 0. The Morgan fingerprint density at radius 3 is 2.55 bits per heavy atom. The molecular weight excluding hydrogens is 327 g/mol. The zero-order chi connectivity index (χ0) is 14.7. The Bertz CT molecular complexity index is 528. The molecule has 2 rings (SSSR count). The Kier molecular flexibility index (Phi) is 4.75. The largest absolute Gasteiger partial charge is 0.370 e. The summed E-state index contributed by atoms with van der Waals surface area (Å²) >= 11 is 3.08. The molecule has 4 nitrogen and oxygen atoms in total. The van der Waals surface area contributed by atoms with E-state index in [-0.39, 0.29) is 28.0 Å². The highest BCUT2D eigenvalue weighted by Crippen LogP contribution is 2.23. The molecule has 2 amide bonds. The van der Waals surface area contributed by atoms with Crippen LogP contribution in [0, 0.1) is 11.7 Å². The average Bonchev–Trinajstić information content (AvgIpc) is 2.41. The van der Waals surface area contributed by atoms with Gasteiger partial charge in [-0.1, -0.05) is 0 Å². The van der Waals surface area contributed by atoms with Crippen molar-refractivity contribution in [3.05, 3.63) is 34.1 Å². The van der Waals surface area contributed by atoms with Crippen LogP contribution in [-0.4, -0.2) is 29.8 Å². The van der Waals surface area contributed by atoms with Gasteiger partial charge in [0.2, 0.25) is 5.91 Å². The van der Waals surface area contributed by atoms with Crippen LogP contribution in [0.15, 0.2) is 22.7 Å². The molecule has 0 saturated carbocycles. The number of nitrogens with zero attached hydrogens (tertiary/aromatic N) is 1. The molecule has 108 valence electrons. The van der Waals surface area contributed by atoms with Crippen LogP contribution in [0.5, 0.6) is 0 Å². The summed E-state index contributed by atoms with van der Waals surface area (Å²) in [6, 6.07) is 4.25. The summed E-state index contributed by atoms with van der Waals surface area (Å²) in [6.45, 7) is 1.21. The van der Waals surface area contributed by atoms with Gasteiger partial charge in [0.1, 0.15) is 5.82 Å². The SMILES string of the molecule is NC(=O)CC1CCN(C(=O)c2ccc(F)c(Br)c2)CC1. The van der Waals surface area contributed by atoms with Crippen LogP contribution in [0.25, 0.3) is 0 Å². The normalized spacial score (nSPS) is 16.2. The van der Waals surface area contributed by atoms with Gasteiger partial charge in [-0.25, -0.2) is 4.39 Å². The quantitative estimate of drug-likeness (QED) is 0.916. The molecule has 1 aromatic rings. The number of carbonyl (C=O) groups is 2. The molecule has 0 radical (unpaired) electrons. The molecule has 20 heavy (non-hydrogen) atoms. The minimum Gasteiger partial charge on any atom is -0.370 e. The van der Waals surface area contributed by atoms with E-state index in [4.69, 9.17) is 5.73 Å². The van der Waals surface area contributed by atoms with Gasteiger partial charge in [0.25, 0.3) is 5.91 Å². The standard InChI is InChI=1S/C14H16BrFN2O2/c15-11-8-10(1-2-12(11)16)14(20)18-5-3-9(4-6-18)7-13(17)19/h1-2,8-9H,3-7H2,(H2,17,19). The second-order valence-corrected chi connectivity index (χ2v) is 5.89. The molecule has 0 spiro atoms. The van der Waals surface area contributed by atoms with Crippen LogP contribution in [0.4, 0.5) is 4.39 Å². The third-order valence-corrected chi connectivity index (χ3v) is 4.17. The van der Waals surface area contributed by atoms with Crippen LogP contribution in [-0.2, 0) is 4.79 Å². The minimum atomic E-state index is -0.387. The van der Waals surface area contributed by atoms with Crippen molar-refractivity contribution in [2.24, 2.45) is 11.7 Å². The number of primary amides is 1. The maximum atomic E-state index is 13.2. The second-order valence-electron chi connectivity index (χ2n) is 5.03. The Labute approximate surface area is 125 Å². The first-order valence-electron chi connectivity index (χ1n) is 6.50. The molecule has 1 aromatic carbocycles. The first kappa shape index (κ1) is 15.0. The van der Waals surface area contributed by atoms with Crippen molar-refractivity contribution in [2.75, 3.05) is 13.1 Å². The molecule has 1 saturated heterocycles. The van der Waals surface area contributed by atoms with E-state index in [0.717, 1.165) is 12.8 Å². The molecular formula is C14H16BrFN2O2. The lowest BCUT2D eigenvalue weighted by Crippen LogP contribution is -2.39. The van der Waals surface area contributed by atoms with Gasteiger partial charge in [-0.05, 0) is 52.9 Å². The van der Waals surface area contributed by atoms with Gasteiger partial charge in [0.15, 0.2) is 0 Å². The molecule has 2 N–H and O–H groups in total. The van der Waals surface area contributed by atoms with Crippen molar-refractivity contribution < 1.29 is 14.0 Å². The monoisotopic (exact) mass is 342 g/mol. The van der Waals surface area contributed by atoms with Crippen molar-refractivity contribution in [3.8, 4) is 0 Å². The van der Waals surface area contributed by atoms with Crippen molar-refractivity contribution in [3.63, 3.8) is 0 Å². The van der Waals surface area contributed by atoms with Crippen molar-refractivity contribution in [1.29, 1.82) is 0 Å². The van der Waals surface area contributed by atoms with Gasteiger partial charge < -0.3 is 10.6 Å². The summed E-state index contributed by atoms with van der Waals surface area (Å²) in [5.41, 5.74) is 5.64. The van der Waals surface area contributed by atoms with Crippen LogP contribution in [0.3, 0.4) is 0 Å². The fourth-order valence-electron chi connectivity index (χ4n) is 2.44. The molecule has 0 atom stereocenters. The maximum absolute atomic E-state index is 13.2. The zero-order valence-corrected chi connectivity index (χ0v) is 12.5. The molecule has 1 aliphatic heterocycles. The Morgan fingerprint density at radius 2 is 2.00 bits per heavy atom. The lowest BCUT2D eigenvalue weighted by atomic mass is 9.93. The van der Waals surface area contributed by atoms with E-state index >= 15 is 0 Å². The lowest BCUT2D eigenvalue weighted by Gasteiger charge is -2.31. The van der Waals surface area contributed by atoms with Crippen molar-refractivity contribution in [1.82, 2.24) is 4.90 Å². The first-order valence-corrected chi connectivity index (χ1v) is 7.29. The number of hydrogen-bond donors (Lipinski definition) is 1. The molecule has 0 unspecified atom stereocenters. The van der Waals surface area contributed by atoms with Crippen LogP contribution >= 0.6 is 15.9 Å². The molecule has 1 aliphatic rings. The van der Waals surface area contributed by atoms with Crippen LogP contribution < -0.4 is 5.73 Å². The predicted octanol–water partition coefficient (Wildman–Crippen LogP) is 2.32. The number of hydrogen-bond acceptors (Lipinski definition) is 2. The summed E-state index contributed by atoms with van der Waals surface area (Å²) in [5.74, 6) is -0.529.